The first-order valence-electron chi connectivity index (χ1n) is 5.70. The molecule has 0 aliphatic carbocycles. The molecule has 1 aromatic rings. The summed E-state index contributed by atoms with van der Waals surface area (Å²) in [7, 11) is 0. The lowest BCUT2D eigenvalue weighted by Gasteiger charge is -2.06. The largest absolute Gasteiger partial charge is 0.451 e. The first kappa shape index (κ1) is 13.1. The van der Waals surface area contributed by atoms with Gasteiger partial charge in [0.05, 0.1) is 6.61 Å². The molecular weight excluding hydrogens is 250 g/mol. The second kappa shape index (κ2) is 6.01. The van der Waals surface area contributed by atoms with Crippen LogP contribution in [0.3, 0.4) is 0 Å². The van der Waals surface area contributed by atoms with Crippen LogP contribution in [0.15, 0.2) is 42.1 Å². The minimum atomic E-state index is -0.745. The summed E-state index contributed by atoms with van der Waals surface area (Å²) in [5, 5.41) is 11.1. The third-order valence-electron chi connectivity index (χ3n) is 2.46. The minimum absolute atomic E-state index is 0.0166. The van der Waals surface area contributed by atoms with Crippen molar-refractivity contribution in [2.45, 2.75) is 12.7 Å². The van der Waals surface area contributed by atoms with Crippen molar-refractivity contribution in [3.8, 4) is 0 Å². The van der Waals surface area contributed by atoms with Crippen molar-refractivity contribution in [2.24, 2.45) is 0 Å². The van der Waals surface area contributed by atoms with E-state index in [1.165, 1.54) is 6.08 Å². The number of aliphatic hydroxyl groups is 1. The van der Waals surface area contributed by atoms with Crippen molar-refractivity contribution in [1.29, 1.82) is 0 Å². The van der Waals surface area contributed by atoms with Gasteiger partial charge in [0.15, 0.2) is 0 Å². The Hall–Kier alpha value is -2.34. The first-order valence-corrected chi connectivity index (χ1v) is 5.70. The van der Waals surface area contributed by atoms with E-state index in [9.17, 15) is 9.59 Å². The minimum Gasteiger partial charge on any atom is -0.451 e. The van der Waals surface area contributed by atoms with Crippen molar-refractivity contribution in [1.82, 2.24) is 5.32 Å². The summed E-state index contributed by atoms with van der Waals surface area (Å²) in [6.07, 6.45) is -0.117. The van der Waals surface area contributed by atoms with E-state index >= 15 is 0 Å². The number of aliphatic hydroxyl groups excluding tert-OH is 1. The first-order chi connectivity index (χ1) is 9.19. The summed E-state index contributed by atoms with van der Waals surface area (Å²) < 4.78 is 9.68. The maximum absolute atomic E-state index is 11.5. The Kier molecular flexibility index (Phi) is 4.15. The monoisotopic (exact) mass is 263 g/mol. The number of carbonyl (C=O) groups excluding carboxylic acids is 2. The molecular formula is C13H13NO5. The van der Waals surface area contributed by atoms with Crippen molar-refractivity contribution in [3.63, 3.8) is 0 Å². The van der Waals surface area contributed by atoms with Gasteiger partial charge in [0, 0.05) is 0 Å². The van der Waals surface area contributed by atoms with Crippen LogP contribution < -0.4 is 5.32 Å². The molecule has 2 N–H and O–H groups in total. The zero-order valence-corrected chi connectivity index (χ0v) is 10.0. The summed E-state index contributed by atoms with van der Waals surface area (Å²) in [6.45, 7) is -0.214. The number of rotatable bonds is 4. The molecule has 0 bridgehead atoms. The molecule has 19 heavy (non-hydrogen) atoms. The van der Waals surface area contributed by atoms with Gasteiger partial charge in [0.1, 0.15) is 18.4 Å². The Morgan fingerprint density at radius 1 is 1.37 bits per heavy atom. The predicted molar refractivity (Wildman–Crippen MR) is 64.8 cm³/mol. The van der Waals surface area contributed by atoms with Crippen LogP contribution in [0.25, 0.3) is 0 Å². The van der Waals surface area contributed by atoms with Gasteiger partial charge in [-0.15, -0.1) is 0 Å². The number of benzene rings is 1. The Morgan fingerprint density at radius 3 is 2.74 bits per heavy atom. The quantitative estimate of drug-likeness (QED) is 0.782. The highest BCUT2D eigenvalue weighted by atomic mass is 16.6. The average Bonchev–Trinajstić information content (AvgIpc) is 2.78. The summed E-state index contributed by atoms with van der Waals surface area (Å²) in [4.78, 5) is 22.7. The number of esters is 1. The third-order valence-corrected chi connectivity index (χ3v) is 2.46. The fourth-order valence-electron chi connectivity index (χ4n) is 1.54. The molecule has 0 spiro atoms. The van der Waals surface area contributed by atoms with Crippen LogP contribution in [0, 0.1) is 0 Å². The Bertz CT molecular complexity index is 497. The van der Waals surface area contributed by atoms with E-state index < -0.39 is 18.2 Å². The lowest BCUT2D eigenvalue weighted by atomic mass is 10.2. The van der Waals surface area contributed by atoms with Crippen LogP contribution in [-0.2, 0) is 20.9 Å². The van der Waals surface area contributed by atoms with E-state index in [-0.39, 0.29) is 18.9 Å². The summed E-state index contributed by atoms with van der Waals surface area (Å²) in [6, 6.07) is 9.16. The highest BCUT2D eigenvalue weighted by Gasteiger charge is 2.26. The van der Waals surface area contributed by atoms with Gasteiger partial charge in [-0.25, -0.2) is 9.59 Å². The molecule has 1 amide bonds. The van der Waals surface area contributed by atoms with Crippen molar-refractivity contribution in [2.75, 3.05) is 6.61 Å². The van der Waals surface area contributed by atoms with Crippen molar-refractivity contribution < 1.29 is 24.2 Å². The number of alkyl carbamates (subject to hydrolysis) is 1. The highest BCUT2D eigenvalue weighted by molar-refractivity contribution is 5.94. The molecule has 0 aromatic heterocycles. The van der Waals surface area contributed by atoms with Crippen LogP contribution in [0.4, 0.5) is 4.79 Å². The number of nitrogens with one attached hydrogen (secondary N) is 1. The summed E-state index contributed by atoms with van der Waals surface area (Å²) in [5.41, 5.74) is 0.825. The van der Waals surface area contributed by atoms with Gasteiger partial charge in [-0.3, -0.25) is 5.32 Å². The number of hydrogen-bond donors (Lipinski definition) is 2. The van der Waals surface area contributed by atoms with Gasteiger partial charge in [-0.05, 0) is 11.6 Å². The van der Waals surface area contributed by atoms with Gasteiger partial charge in [-0.1, -0.05) is 30.3 Å². The maximum atomic E-state index is 11.5. The van der Waals surface area contributed by atoms with Crippen LogP contribution in [0.1, 0.15) is 5.56 Å². The van der Waals surface area contributed by atoms with E-state index in [0.717, 1.165) is 5.56 Å². The van der Waals surface area contributed by atoms with Crippen molar-refractivity contribution in [3.05, 3.63) is 47.7 Å². The van der Waals surface area contributed by atoms with Crippen LogP contribution >= 0.6 is 0 Å². The number of hydrogen-bond acceptors (Lipinski definition) is 5. The molecule has 0 saturated heterocycles. The number of ether oxygens (including phenoxy) is 2. The lowest BCUT2D eigenvalue weighted by Crippen LogP contribution is -2.26. The van der Waals surface area contributed by atoms with Crippen LogP contribution in [0.5, 0.6) is 0 Å². The summed E-state index contributed by atoms with van der Waals surface area (Å²) in [5.74, 6) is -0.685. The molecule has 100 valence electrons. The average molecular weight is 263 g/mol. The lowest BCUT2D eigenvalue weighted by molar-refractivity contribution is -0.141. The molecule has 2 rings (SSSR count). The number of cyclic esters (lactones) is 1. The molecule has 1 aromatic carbocycles. The topological polar surface area (TPSA) is 84.9 Å². The van der Waals surface area contributed by atoms with E-state index in [2.05, 4.69) is 5.32 Å². The van der Waals surface area contributed by atoms with E-state index in [1.807, 2.05) is 30.3 Å². The molecule has 0 fully saturated rings. The van der Waals surface area contributed by atoms with Gasteiger partial charge in [0.25, 0.3) is 0 Å². The van der Waals surface area contributed by atoms with Gasteiger partial charge in [0.2, 0.25) is 0 Å². The second-order valence-corrected chi connectivity index (χ2v) is 3.89. The Balaban J connectivity index is 1.83. The number of amides is 1. The molecule has 1 unspecified atom stereocenters. The third kappa shape index (κ3) is 3.56. The van der Waals surface area contributed by atoms with Crippen LogP contribution in [-0.4, -0.2) is 29.9 Å². The molecule has 1 atom stereocenters. The fourth-order valence-corrected chi connectivity index (χ4v) is 1.54. The maximum Gasteiger partial charge on any atom is 0.412 e. The molecule has 1 aliphatic rings. The predicted octanol–water partition coefficient (Wildman–Crippen LogP) is 0.714. The summed E-state index contributed by atoms with van der Waals surface area (Å²) >= 11 is 0. The normalized spacial score (nSPS) is 17.6. The Labute approximate surface area is 109 Å². The molecule has 1 aliphatic heterocycles. The molecule has 0 radical (unpaired) electrons. The zero-order chi connectivity index (χ0) is 13.7. The van der Waals surface area contributed by atoms with E-state index in [0.29, 0.717) is 0 Å². The molecule has 6 heteroatoms. The van der Waals surface area contributed by atoms with Gasteiger partial charge >= 0.3 is 12.1 Å². The highest BCUT2D eigenvalue weighted by Crippen LogP contribution is 2.11. The second-order valence-electron chi connectivity index (χ2n) is 3.89. The zero-order valence-electron chi connectivity index (χ0n) is 10.0. The number of carbonyl (C=O) groups is 2. The van der Waals surface area contributed by atoms with Crippen LogP contribution in [0.2, 0.25) is 0 Å². The standard InChI is InChI=1S/C13H13NO5/c15-7-10-6-11(12(16)19-10)14-13(17)18-8-9-4-2-1-3-5-9/h1-6,10,15H,7-8H2,(H,14,17). The molecule has 6 nitrogen and oxygen atoms in total. The molecule has 0 saturated carbocycles. The van der Waals surface area contributed by atoms with Gasteiger partial charge < -0.3 is 14.6 Å². The van der Waals surface area contributed by atoms with E-state index in [4.69, 9.17) is 14.6 Å². The smallest absolute Gasteiger partial charge is 0.412 e. The van der Waals surface area contributed by atoms with Crippen molar-refractivity contribution >= 4 is 12.1 Å². The van der Waals surface area contributed by atoms with Gasteiger partial charge in [-0.2, -0.15) is 0 Å². The molecule has 1 heterocycles. The van der Waals surface area contributed by atoms with E-state index in [1.54, 1.807) is 0 Å². The fraction of sp³-hybridized carbons (Fsp3) is 0.231. The Morgan fingerprint density at radius 2 is 2.11 bits per heavy atom. The SMILES string of the molecule is O=C(NC1=CC(CO)OC1=O)OCc1ccccc1.